The van der Waals surface area contributed by atoms with E-state index >= 15 is 0 Å². The Labute approximate surface area is 149 Å². The van der Waals surface area contributed by atoms with Crippen LogP contribution in [0.5, 0.6) is 0 Å². The summed E-state index contributed by atoms with van der Waals surface area (Å²) in [6.07, 6.45) is 2.26. The van der Waals surface area contributed by atoms with E-state index in [9.17, 15) is 4.79 Å². The lowest BCUT2D eigenvalue weighted by atomic mass is 10.1. The van der Waals surface area contributed by atoms with Crippen LogP contribution >= 0.6 is 34.9 Å². The minimum Gasteiger partial charge on any atom is -0.300 e. The maximum absolute atomic E-state index is 11.9. The SMILES string of the molecule is C=CCSc1nnc(NC(=O)CCSc2ccc(C)c(C)c2)s1. The van der Waals surface area contributed by atoms with Gasteiger partial charge in [-0.05, 0) is 37.1 Å². The highest BCUT2D eigenvalue weighted by Crippen LogP contribution is 2.26. The van der Waals surface area contributed by atoms with Crippen LogP contribution in [0, 0.1) is 13.8 Å². The van der Waals surface area contributed by atoms with E-state index in [2.05, 4.69) is 54.1 Å². The summed E-state index contributed by atoms with van der Waals surface area (Å²) in [7, 11) is 0. The lowest BCUT2D eigenvalue weighted by Crippen LogP contribution is -2.11. The summed E-state index contributed by atoms with van der Waals surface area (Å²) in [4.78, 5) is 13.1. The standard InChI is InChI=1S/C16H19N3OS3/c1-4-8-22-16-19-18-15(23-16)17-14(20)7-9-21-13-6-5-11(2)12(3)10-13/h4-6,10H,1,7-9H2,2-3H3,(H,17,18,20). The fraction of sp³-hybridized carbons (Fsp3) is 0.312. The molecule has 122 valence electrons. The Kier molecular flexibility index (Phi) is 7.14. The van der Waals surface area contributed by atoms with Gasteiger partial charge >= 0.3 is 0 Å². The van der Waals surface area contributed by atoms with Crippen molar-refractivity contribution in [2.75, 3.05) is 16.8 Å². The average molecular weight is 366 g/mol. The lowest BCUT2D eigenvalue weighted by Gasteiger charge is -2.05. The predicted octanol–water partition coefficient (Wildman–Crippen LogP) is 4.55. The van der Waals surface area contributed by atoms with Gasteiger partial charge in [-0.2, -0.15) is 0 Å². The second-order valence-electron chi connectivity index (χ2n) is 4.87. The molecule has 1 aromatic heterocycles. The molecule has 7 heteroatoms. The van der Waals surface area contributed by atoms with Crippen LogP contribution in [0.1, 0.15) is 17.5 Å². The van der Waals surface area contributed by atoms with E-state index in [-0.39, 0.29) is 5.91 Å². The van der Waals surface area contributed by atoms with Gasteiger partial charge in [0.05, 0.1) is 0 Å². The number of nitrogens with zero attached hydrogens (tertiary/aromatic N) is 2. The molecule has 0 saturated carbocycles. The molecule has 4 nitrogen and oxygen atoms in total. The first-order valence-electron chi connectivity index (χ1n) is 7.15. The van der Waals surface area contributed by atoms with Gasteiger partial charge in [0.2, 0.25) is 11.0 Å². The van der Waals surface area contributed by atoms with Crippen molar-refractivity contribution in [2.45, 2.75) is 29.5 Å². The summed E-state index contributed by atoms with van der Waals surface area (Å²) >= 11 is 4.64. The molecule has 0 bridgehead atoms. The third-order valence-corrected chi connectivity index (χ3v) is 6.02. The van der Waals surface area contributed by atoms with Crippen LogP contribution in [0.15, 0.2) is 40.1 Å². The first-order valence-corrected chi connectivity index (χ1v) is 9.94. The van der Waals surface area contributed by atoms with Crippen LogP contribution in [-0.4, -0.2) is 27.6 Å². The Morgan fingerprint density at radius 1 is 1.30 bits per heavy atom. The average Bonchev–Trinajstić information content (AvgIpc) is 2.96. The van der Waals surface area contributed by atoms with Gasteiger partial charge < -0.3 is 5.32 Å². The topological polar surface area (TPSA) is 54.9 Å². The molecule has 1 heterocycles. The van der Waals surface area contributed by atoms with Gasteiger partial charge in [0, 0.05) is 22.8 Å². The third-order valence-electron chi connectivity index (χ3n) is 3.05. The minimum absolute atomic E-state index is 0.0299. The molecule has 1 amide bonds. The molecule has 0 fully saturated rings. The lowest BCUT2D eigenvalue weighted by molar-refractivity contribution is -0.115. The Bertz CT molecular complexity index is 685. The molecule has 0 unspecified atom stereocenters. The normalized spacial score (nSPS) is 10.5. The number of hydrogen-bond acceptors (Lipinski definition) is 6. The molecule has 0 radical (unpaired) electrons. The van der Waals surface area contributed by atoms with Crippen LogP contribution in [-0.2, 0) is 4.79 Å². The van der Waals surface area contributed by atoms with Crippen molar-refractivity contribution in [3.05, 3.63) is 42.0 Å². The molecular weight excluding hydrogens is 346 g/mol. The van der Waals surface area contributed by atoms with Crippen molar-refractivity contribution in [2.24, 2.45) is 0 Å². The Hall–Kier alpha value is -1.31. The summed E-state index contributed by atoms with van der Waals surface area (Å²) in [5.74, 6) is 1.50. The van der Waals surface area contributed by atoms with Crippen LogP contribution in [0.2, 0.25) is 0 Å². The van der Waals surface area contributed by atoms with E-state index in [1.54, 1.807) is 23.5 Å². The monoisotopic (exact) mass is 365 g/mol. The Balaban J connectivity index is 1.75. The number of aryl methyl sites for hydroxylation is 2. The zero-order chi connectivity index (χ0) is 16.7. The van der Waals surface area contributed by atoms with Crippen molar-refractivity contribution >= 4 is 45.9 Å². The Morgan fingerprint density at radius 2 is 2.13 bits per heavy atom. The zero-order valence-electron chi connectivity index (χ0n) is 13.2. The van der Waals surface area contributed by atoms with Crippen LogP contribution in [0.4, 0.5) is 5.13 Å². The van der Waals surface area contributed by atoms with Crippen LogP contribution in [0.3, 0.4) is 0 Å². The zero-order valence-corrected chi connectivity index (χ0v) is 15.6. The number of rotatable bonds is 8. The van der Waals surface area contributed by atoms with E-state index in [1.165, 1.54) is 27.4 Å². The smallest absolute Gasteiger partial charge is 0.227 e. The van der Waals surface area contributed by atoms with Crippen molar-refractivity contribution in [3.63, 3.8) is 0 Å². The number of thioether (sulfide) groups is 2. The Morgan fingerprint density at radius 3 is 2.87 bits per heavy atom. The number of hydrogen-bond donors (Lipinski definition) is 1. The molecule has 2 rings (SSSR count). The molecule has 0 aliphatic rings. The first-order chi connectivity index (χ1) is 11.1. The highest BCUT2D eigenvalue weighted by atomic mass is 32.2. The maximum atomic E-state index is 11.9. The summed E-state index contributed by atoms with van der Waals surface area (Å²) in [6.45, 7) is 7.86. The number of carbonyl (C=O) groups is 1. The van der Waals surface area contributed by atoms with Gasteiger partial charge in [-0.25, -0.2) is 0 Å². The van der Waals surface area contributed by atoms with Crippen molar-refractivity contribution in [1.29, 1.82) is 0 Å². The predicted molar refractivity (Wildman–Crippen MR) is 101 cm³/mol. The summed E-state index contributed by atoms with van der Waals surface area (Å²) in [6, 6.07) is 6.37. The molecule has 0 atom stereocenters. The van der Waals surface area contributed by atoms with Crippen molar-refractivity contribution in [3.8, 4) is 0 Å². The van der Waals surface area contributed by atoms with Gasteiger partial charge in [0.1, 0.15) is 0 Å². The number of nitrogens with one attached hydrogen (secondary N) is 1. The summed E-state index contributed by atoms with van der Waals surface area (Å²) in [5, 5.41) is 11.3. The molecular formula is C16H19N3OS3. The second-order valence-corrected chi connectivity index (χ2v) is 8.28. The quantitative estimate of drug-likeness (QED) is 0.422. The molecule has 1 aromatic carbocycles. The number of anilines is 1. The first kappa shape index (κ1) is 18.0. The maximum Gasteiger partial charge on any atom is 0.227 e. The molecule has 23 heavy (non-hydrogen) atoms. The number of aromatic nitrogens is 2. The van der Waals surface area contributed by atoms with Gasteiger partial charge in [-0.3, -0.25) is 4.79 Å². The molecule has 1 N–H and O–H groups in total. The van der Waals surface area contributed by atoms with Gasteiger partial charge in [0.25, 0.3) is 0 Å². The number of carbonyl (C=O) groups excluding carboxylic acids is 1. The summed E-state index contributed by atoms with van der Waals surface area (Å²) < 4.78 is 0.838. The van der Waals surface area contributed by atoms with Gasteiger partial charge in [-0.15, -0.1) is 28.5 Å². The van der Waals surface area contributed by atoms with Crippen LogP contribution in [0.25, 0.3) is 0 Å². The third kappa shape index (κ3) is 6.01. The largest absolute Gasteiger partial charge is 0.300 e. The van der Waals surface area contributed by atoms with E-state index < -0.39 is 0 Å². The van der Waals surface area contributed by atoms with Crippen molar-refractivity contribution < 1.29 is 4.79 Å². The highest BCUT2D eigenvalue weighted by Gasteiger charge is 2.08. The molecule has 2 aromatic rings. The van der Waals surface area contributed by atoms with Gasteiger partial charge in [-0.1, -0.05) is 35.2 Å². The summed E-state index contributed by atoms with van der Waals surface area (Å²) in [5.41, 5.74) is 2.56. The van der Waals surface area contributed by atoms with E-state index in [0.717, 1.165) is 15.8 Å². The number of amides is 1. The second kappa shape index (κ2) is 9.10. The van der Waals surface area contributed by atoms with Crippen molar-refractivity contribution in [1.82, 2.24) is 10.2 Å². The minimum atomic E-state index is -0.0299. The highest BCUT2D eigenvalue weighted by molar-refractivity contribution is 8.01. The molecule has 0 spiro atoms. The van der Waals surface area contributed by atoms with Crippen LogP contribution < -0.4 is 5.32 Å². The molecule has 0 saturated heterocycles. The van der Waals surface area contributed by atoms with Gasteiger partial charge in [0.15, 0.2) is 4.34 Å². The fourth-order valence-corrected chi connectivity index (χ4v) is 4.17. The van der Waals surface area contributed by atoms with E-state index in [0.29, 0.717) is 11.6 Å². The number of benzene rings is 1. The van der Waals surface area contributed by atoms with E-state index in [1.807, 2.05) is 6.08 Å². The van der Waals surface area contributed by atoms with E-state index in [4.69, 9.17) is 0 Å². The molecule has 0 aliphatic heterocycles. The fourth-order valence-electron chi connectivity index (χ4n) is 1.70. The molecule has 0 aliphatic carbocycles.